The highest BCUT2D eigenvalue weighted by Gasteiger charge is 2.26. The number of nitrogens with one attached hydrogen (secondary N) is 1. The van der Waals surface area contributed by atoms with Crippen molar-refractivity contribution >= 4 is 23.4 Å². The third-order valence-corrected chi connectivity index (χ3v) is 4.62. The van der Waals surface area contributed by atoms with Crippen molar-refractivity contribution in [3.05, 3.63) is 70.2 Å². The molecule has 0 aromatic heterocycles. The topological polar surface area (TPSA) is 49.4 Å². The Hall–Kier alpha value is -2.33. The van der Waals surface area contributed by atoms with Gasteiger partial charge in [-0.05, 0) is 38.0 Å². The van der Waals surface area contributed by atoms with Gasteiger partial charge in [0.15, 0.2) is 0 Å². The smallest absolute Gasteiger partial charge is 0.242 e. The standard InChI is InChI=1S/C21H25ClN2O2/c1-4-23-21(26)16(3)24(14-18-10-5-6-11-19(18)22)20(25)13-17-9-7-8-15(2)12-17/h5-12,16H,4,13-14H2,1-3H3,(H,23,26). The summed E-state index contributed by atoms with van der Waals surface area (Å²) in [5.74, 6) is -0.272. The quantitative estimate of drug-likeness (QED) is 0.804. The maximum absolute atomic E-state index is 13.0. The zero-order valence-corrected chi connectivity index (χ0v) is 16.2. The second-order valence-electron chi connectivity index (χ2n) is 6.35. The van der Waals surface area contributed by atoms with Crippen molar-refractivity contribution in [2.45, 2.75) is 39.8 Å². The Morgan fingerprint density at radius 1 is 1.15 bits per heavy atom. The summed E-state index contributed by atoms with van der Waals surface area (Å²) in [6.45, 7) is 6.41. The molecule has 0 aliphatic rings. The van der Waals surface area contributed by atoms with Crippen LogP contribution in [0.4, 0.5) is 0 Å². The van der Waals surface area contributed by atoms with E-state index in [1.54, 1.807) is 17.9 Å². The summed E-state index contributed by atoms with van der Waals surface area (Å²) < 4.78 is 0. The average Bonchev–Trinajstić information content (AvgIpc) is 2.60. The molecule has 0 radical (unpaired) electrons. The summed E-state index contributed by atoms with van der Waals surface area (Å²) in [7, 11) is 0. The molecular formula is C21H25ClN2O2. The predicted octanol–water partition coefficient (Wildman–Crippen LogP) is 3.74. The molecule has 2 aromatic carbocycles. The van der Waals surface area contributed by atoms with Gasteiger partial charge in [0.25, 0.3) is 0 Å². The molecule has 1 unspecified atom stereocenters. The maximum atomic E-state index is 13.0. The third-order valence-electron chi connectivity index (χ3n) is 4.25. The number of hydrogen-bond donors (Lipinski definition) is 1. The zero-order chi connectivity index (χ0) is 19.1. The van der Waals surface area contributed by atoms with Crippen molar-refractivity contribution in [1.82, 2.24) is 10.2 Å². The number of benzene rings is 2. The predicted molar refractivity (Wildman–Crippen MR) is 105 cm³/mol. The number of carbonyl (C=O) groups excluding carboxylic acids is 2. The number of rotatable bonds is 7. The van der Waals surface area contributed by atoms with Crippen LogP contribution in [-0.4, -0.2) is 29.3 Å². The molecule has 5 heteroatoms. The largest absolute Gasteiger partial charge is 0.355 e. The number of amides is 2. The Balaban J connectivity index is 2.25. The minimum Gasteiger partial charge on any atom is -0.355 e. The van der Waals surface area contributed by atoms with Gasteiger partial charge in [-0.15, -0.1) is 0 Å². The molecule has 0 bridgehead atoms. The van der Waals surface area contributed by atoms with Crippen LogP contribution in [-0.2, 0) is 22.6 Å². The van der Waals surface area contributed by atoms with Crippen molar-refractivity contribution in [1.29, 1.82) is 0 Å². The Morgan fingerprint density at radius 3 is 2.54 bits per heavy atom. The maximum Gasteiger partial charge on any atom is 0.242 e. The number of likely N-dealkylation sites (N-methyl/N-ethyl adjacent to an activating group) is 1. The SMILES string of the molecule is CCNC(=O)C(C)N(Cc1ccccc1Cl)C(=O)Cc1cccc(C)c1. The number of carbonyl (C=O) groups is 2. The van der Waals surface area contributed by atoms with Crippen LogP contribution in [0.3, 0.4) is 0 Å². The van der Waals surface area contributed by atoms with Gasteiger partial charge < -0.3 is 10.2 Å². The lowest BCUT2D eigenvalue weighted by molar-refractivity contribution is -0.140. The highest BCUT2D eigenvalue weighted by molar-refractivity contribution is 6.31. The fraction of sp³-hybridized carbons (Fsp3) is 0.333. The summed E-state index contributed by atoms with van der Waals surface area (Å²) >= 11 is 6.26. The van der Waals surface area contributed by atoms with E-state index in [-0.39, 0.29) is 18.2 Å². The summed E-state index contributed by atoms with van der Waals surface area (Å²) in [6, 6.07) is 14.6. The molecule has 2 amide bonds. The molecule has 26 heavy (non-hydrogen) atoms. The first kappa shape index (κ1) is 20.0. The van der Waals surface area contributed by atoms with Crippen LogP contribution in [0.1, 0.15) is 30.5 Å². The molecule has 1 atom stereocenters. The van der Waals surface area contributed by atoms with Crippen LogP contribution in [0.2, 0.25) is 5.02 Å². The molecule has 0 spiro atoms. The molecule has 4 nitrogen and oxygen atoms in total. The molecule has 0 saturated heterocycles. The molecule has 0 heterocycles. The van der Waals surface area contributed by atoms with Gasteiger partial charge in [0.1, 0.15) is 6.04 Å². The van der Waals surface area contributed by atoms with Gasteiger partial charge in [0.05, 0.1) is 6.42 Å². The van der Waals surface area contributed by atoms with Gasteiger partial charge in [0, 0.05) is 18.1 Å². The second-order valence-corrected chi connectivity index (χ2v) is 6.76. The van der Waals surface area contributed by atoms with Crippen LogP contribution < -0.4 is 5.32 Å². The van der Waals surface area contributed by atoms with E-state index in [0.29, 0.717) is 18.1 Å². The number of nitrogens with zero attached hydrogens (tertiary/aromatic N) is 1. The van der Waals surface area contributed by atoms with Crippen molar-refractivity contribution < 1.29 is 9.59 Å². The molecule has 0 aliphatic heterocycles. The van der Waals surface area contributed by atoms with E-state index in [9.17, 15) is 9.59 Å². The van der Waals surface area contributed by atoms with Gasteiger partial charge in [-0.3, -0.25) is 9.59 Å². The van der Waals surface area contributed by atoms with Crippen molar-refractivity contribution in [2.75, 3.05) is 6.54 Å². The van der Waals surface area contributed by atoms with E-state index in [2.05, 4.69) is 5.32 Å². The molecule has 1 N–H and O–H groups in total. The summed E-state index contributed by atoms with van der Waals surface area (Å²) in [6.07, 6.45) is 0.246. The van der Waals surface area contributed by atoms with Gasteiger partial charge in [-0.25, -0.2) is 0 Å². The van der Waals surface area contributed by atoms with Crippen LogP contribution >= 0.6 is 11.6 Å². The molecule has 0 fully saturated rings. The van der Waals surface area contributed by atoms with E-state index in [0.717, 1.165) is 16.7 Å². The van der Waals surface area contributed by atoms with E-state index in [1.807, 2.05) is 56.3 Å². The number of aryl methyl sites for hydroxylation is 1. The molecular weight excluding hydrogens is 348 g/mol. The van der Waals surface area contributed by atoms with E-state index in [4.69, 9.17) is 11.6 Å². The fourth-order valence-corrected chi connectivity index (χ4v) is 3.01. The number of halogens is 1. The van der Waals surface area contributed by atoms with Crippen LogP contribution in [0.5, 0.6) is 0 Å². The average molecular weight is 373 g/mol. The zero-order valence-electron chi connectivity index (χ0n) is 15.5. The normalized spacial score (nSPS) is 11.7. The lowest BCUT2D eigenvalue weighted by Crippen LogP contribution is -2.48. The highest BCUT2D eigenvalue weighted by atomic mass is 35.5. The van der Waals surface area contributed by atoms with Crippen LogP contribution in [0.15, 0.2) is 48.5 Å². The Morgan fingerprint density at radius 2 is 1.88 bits per heavy atom. The molecule has 138 valence electrons. The van der Waals surface area contributed by atoms with Gasteiger partial charge in [-0.1, -0.05) is 59.6 Å². The highest BCUT2D eigenvalue weighted by Crippen LogP contribution is 2.19. The van der Waals surface area contributed by atoms with Crippen LogP contribution in [0, 0.1) is 6.92 Å². The minimum absolute atomic E-state index is 0.103. The van der Waals surface area contributed by atoms with Gasteiger partial charge in [0.2, 0.25) is 11.8 Å². The Bertz CT molecular complexity index is 776. The molecule has 0 aliphatic carbocycles. The lowest BCUT2D eigenvalue weighted by atomic mass is 10.1. The molecule has 0 saturated carbocycles. The third kappa shape index (κ3) is 5.33. The Labute approximate surface area is 160 Å². The van der Waals surface area contributed by atoms with Gasteiger partial charge in [-0.2, -0.15) is 0 Å². The molecule has 2 aromatic rings. The lowest BCUT2D eigenvalue weighted by Gasteiger charge is -2.29. The molecule has 2 rings (SSSR count). The van der Waals surface area contributed by atoms with E-state index >= 15 is 0 Å². The van der Waals surface area contributed by atoms with Crippen molar-refractivity contribution in [2.24, 2.45) is 0 Å². The summed E-state index contributed by atoms with van der Waals surface area (Å²) in [5.41, 5.74) is 2.86. The first-order valence-electron chi connectivity index (χ1n) is 8.78. The van der Waals surface area contributed by atoms with Crippen molar-refractivity contribution in [3.8, 4) is 0 Å². The first-order chi connectivity index (χ1) is 12.4. The number of hydrogen-bond acceptors (Lipinski definition) is 2. The van der Waals surface area contributed by atoms with Crippen molar-refractivity contribution in [3.63, 3.8) is 0 Å². The van der Waals surface area contributed by atoms with E-state index in [1.165, 1.54) is 0 Å². The summed E-state index contributed by atoms with van der Waals surface area (Å²) in [5, 5.41) is 3.38. The van der Waals surface area contributed by atoms with Crippen LogP contribution in [0.25, 0.3) is 0 Å². The minimum atomic E-state index is -0.580. The fourth-order valence-electron chi connectivity index (χ4n) is 2.81. The van der Waals surface area contributed by atoms with Gasteiger partial charge >= 0.3 is 0 Å². The second kappa shape index (κ2) is 9.39. The van der Waals surface area contributed by atoms with E-state index < -0.39 is 6.04 Å². The monoisotopic (exact) mass is 372 g/mol. The first-order valence-corrected chi connectivity index (χ1v) is 9.16. The summed E-state index contributed by atoms with van der Waals surface area (Å²) in [4.78, 5) is 26.9. The Kier molecular flexibility index (Phi) is 7.22.